The molecule has 5 heteroatoms. The molecule has 0 aromatic carbocycles. The summed E-state index contributed by atoms with van der Waals surface area (Å²) in [7, 11) is 0. The third-order valence-electron chi connectivity index (χ3n) is 4.02. The highest BCUT2D eigenvalue weighted by Gasteiger charge is 2.29. The molecule has 1 amide bonds. The second-order valence-electron chi connectivity index (χ2n) is 5.41. The summed E-state index contributed by atoms with van der Waals surface area (Å²) in [6.45, 7) is 9.11. The van der Waals surface area contributed by atoms with Gasteiger partial charge in [0.15, 0.2) is 0 Å². The van der Waals surface area contributed by atoms with Crippen LogP contribution in [-0.4, -0.2) is 47.1 Å². The number of hydrogen-bond donors (Lipinski definition) is 0. The molecular weight excluding hydrogens is 266 g/mol. The Morgan fingerprint density at radius 2 is 1.95 bits per heavy atom. The number of carbonyl (C=O) groups is 1. The van der Waals surface area contributed by atoms with Gasteiger partial charge in [0, 0.05) is 25.6 Å². The number of likely N-dealkylation sites (tertiary alicyclic amines) is 1. The summed E-state index contributed by atoms with van der Waals surface area (Å²) in [6, 6.07) is 0. The molecule has 1 fully saturated rings. The van der Waals surface area contributed by atoms with Gasteiger partial charge in [-0.2, -0.15) is 0 Å². The topological polar surface area (TPSA) is 55.3 Å². The normalized spacial score (nSPS) is 18.2. The number of ether oxygens (including phenoxy) is 1. The molecule has 0 unspecified atom stereocenters. The molecule has 2 rings (SSSR count). The van der Waals surface area contributed by atoms with Crippen LogP contribution in [0.2, 0.25) is 0 Å². The number of aromatic nitrogens is 2. The molecule has 1 aliphatic rings. The molecule has 0 aliphatic carbocycles. The molecule has 116 valence electrons. The van der Waals surface area contributed by atoms with Gasteiger partial charge in [-0.1, -0.05) is 13.8 Å². The predicted molar refractivity (Wildman–Crippen MR) is 81.3 cm³/mol. The van der Waals surface area contributed by atoms with Crippen molar-refractivity contribution in [1.82, 2.24) is 14.9 Å². The average molecular weight is 291 g/mol. The molecule has 1 aromatic rings. The molecule has 1 saturated heterocycles. The summed E-state index contributed by atoms with van der Waals surface area (Å²) in [5.41, 5.74) is 2.44. The van der Waals surface area contributed by atoms with E-state index in [9.17, 15) is 4.79 Å². The predicted octanol–water partition coefficient (Wildman–Crippen LogP) is 2.10. The Balaban J connectivity index is 2.14. The monoisotopic (exact) mass is 291 g/mol. The fourth-order valence-corrected chi connectivity index (χ4v) is 2.84. The van der Waals surface area contributed by atoms with Gasteiger partial charge in [-0.3, -0.25) is 4.79 Å². The van der Waals surface area contributed by atoms with Crippen LogP contribution in [-0.2, 0) is 17.6 Å². The molecule has 0 N–H and O–H groups in total. The molecule has 21 heavy (non-hydrogen) atoms. The van der Waals surface area contributed by atoms with Crippen molar-refractivity contribution in [3.8, 4) is 0 Å². The van der Waals surface area contributed by atoms with Gasteiger partial charge in [0.05, 0.1) is 23.6 Å². The van der Waals surface area contributed by atoms with Crippen LogP contribution in [0.4, 0.5) is 0 Å². The van der Waals surface area contributed by atoms with E-state index in [-0.39, 0.29) is 5.91 Å². The molecule has 1 aromatic heterocycles. The van der Waals surface area contributed by atoms with E-state index in [1.807, 2.05) is 25.7 Å². The zero-order valence-electron chi connectivity index (χ0n) is 13.3. The molecule has 5 nitrogen and oxygen atoms in total. The summed E-state index contributed by atoms with van der Waals surface area (Å²) in [4.78, 5) is 23.3. The molecule has 1 aliphatic heterocycles. The second kappa shape index (κ2) is 7.50. The minimum atomic E-state index is 0.0864. The number of nitrogens with zero attached hydrogens (tertiary/aromatic N) is 3. The number of rotatable bonds is 6. The highest BCUT2D eigenvalue weighted by Crippen LogP contribution is 2.22. The molecule has 0 bridgehead atoms. The Morgan fingerprint density at radius 3 is 2.52 bits per heavy atom. The van der Waals surface area contributed by atoms with Gasteiger partial charge in [0.1, 0.15) is 6.33 Å². The van der Waals surface area contributed by atoms with Crippen molar-refractivity contribution in [3.63, 3.8) is 0 Å². The zero-order chi connectivity index (χ0) is 15.2. The van der Waals surface area contributed by atoms with Gasteiger partial charge in [-0.25, -0.2) is 9.97 Å². The maximum atomic E-state index is 12.8. The Hall–Kier alpha value is -1.49. The fourth-order valence-electron chi connectivity index (χ4n) is 2.84. The SMILES string of the molecule is CCOC[C@@H]1CCN(C(=O)c2c(CC)ncnc2CC)C1. The van der Waals surface area contributed by atoms with Crippen molar-refractivity contribution in [2.24, 2.45) is 5.92 Å². The van der Waals surface area contributed by atoms with E-state index in [2.05, 4.69) is 9.97 Å². The van der Waals surface area contributed by atoms with Gasteiger partial charge in [0.25, 0.3) is 5.91 Å². The minimum Gasteiger partial charge on any atom is -0.381 e. The smallest absolute Gasteiger partial charge is 0.257 e. The Bertz CT molecular complexity index is 468. The molecule has 0 saturated carbocycles. The van der Waals surface area contributed by atoms with Crippen molar-refractivity contribution in [2.75, 3.05) is 26.3 Å². The Kier molecular flexibility index (Phi) is 5.67. The zero-order valence-corrected chi connectivity index (χ0v) is 13.3. The minimum absolute atomic E-state index is 0.0864. The summed E-state index contributed by atoms with van der Waals surface area (Å²) in [6.07, 6.45) is 4.10. The van der Waals surface area contributed by atoms with Crippen molar-refractivity contribution < 1.29 is 9.53 Å². The Morgan fingerprint density at radius 1 is 1.29 bits per heavy atom. The standard InChI is InChI=1S/C16H25N3O2/c1-4-13-15(14(5-2)18-11-17-13)16(20)19-8-7-12(9-19)10-21-6-3/h11-12H,4-10H2,1-3H3/t12-/m1/s1. The van der Waals surface area contributed by atoms with Gasteiger partial charge in [0.2, 0.25) is 0 Å². The maximum absolute atomic E-state index is 12.8. The van der Waals surface area contributed by atoms with Crippen LogP contribution in [0.15, 0.2) is 6.33 Å². The summed E-state index contributed by atoms with van der Waals surface area (Å²) >= 11 is 0. The first-order chi connectivity index (χ1) is 10.2. The van der Waals surface area contributed by atoms with E-state index in [1.54, 1.807) is 6.33 Å². The lowest BCUT2D eigenvalue weighted by molar-refractivity contribution is 0.0759. The van der Waals surface area contributed by atoms with Crippen molar-refractivity contribution in [1.29, 1.82) is 0 Å². The Labute approximate surface area is 126 Å². The summed E-state index contributed by atoms with van der Waals surface area (Å²) in [5, 5.41) is 0. The summed E-state index contributed by atoms with van der Waals surface area (Å²) < 4.78 is 5.48. The molecule has 1 atom stereocenters. The molecule has 0 radical (unpaired) electrons. The lowest BCUT2D eigenvalue weighted by Gasteiger charge is -2.19. The van der Waals surface area contributed by atoms with Gasteiger partial charge < -0.3 is 9.64 Å². The molecule has 0 spiro atoms. The van der Waals surface area contributed by atoms with Crippen LogP contribution in [0.5, 0.6) is 0 Å². The number of aryl methyl sites for hydroxylation is 2. The van der Waals surface area contributed by atoms with Crippen molar-refractivity contribution >= 4 is 5.91 Å². The fraction of sp³-hybridized carbons (Fsp3) is 0.688. The largest absolute Gasteiger partial charge is 0.381 e. The lowest BCUT2D eigenvalue weighted by Crippen LogP contribution is -2.31. The van der Waals surface area contributed by atoms with Crippen molar-refractivity contribution in [3.05, 3.63) is 23.3 Å². The van der Waals surface area contributed by atoms with Gasteiger partial charge >= 0.3 is 0 Å². The highest BCUT2D eigenvalue weighted by atomic mass is 16.5. The van der Waals surface area contributed by atoms with E-state index < -0.39 is 0 Å². The van der Waals surface area contributed by atoms with Crippen LogP contribution in [0, 0.1) is 5.92 Å². The highest BCUT2D eigenvalue weighted by molar-refractivity contribution is 5.96. The van der Waals surface area contributed by atoms with Crippen LogP contribution in [0.25, 0.3) is 0 Å². The summed E-state index contributed by atoms with van der Waals surface area (Å²) in [5.74, 6) is 0.539. The van der Waals surface area contributed by atoms with E-state index in [0.29, 0.717) is 5.92 Å². The van der Waals surface area contributed by atoms with Crippen LogP contribution >= 0.6 is 0 Å². The first-order valence-corrected chi connectivity index (χ1v) is 7.90. The van der Waals surface area contributed by atoms with E-state index in [1.165, 1.54) is 0 Å². The van der Waals surface area contributed by atoms with E-state index in [4.69, 9.17) is 4.74 Å². The first-order valence-electron chi connectivity index (χ1n) is 7.90. The van der Waals surface area contributed by atoms with Gasteiger partial charge in [-0.15, -0.1) is 0 Å². The van der Waals surface area contributed by atoms with Crippen molar-refractivity contribution in [2.45, 2.75) is 40.0 Å². The molecule has 2 heterocycles. The number of hydrogen-bond acceptors (Lipinski definition) is 4. The molecular formula is C16H25N3O2. The first kappa shape index (κ1) is 15.9. The third-order valence-corrected chi connectivity index (χ3v) is 4.02. The van der Waals surface area contributed by atoms with Gasteiger partial charge in [-0.05, 0) is 26.2 Å². The maximum Gasteiger partial charge on any atom is 0.257 e. The second-order valence-corrected chi connectivity index (χ2v) is 5.41. The quantitative estimate of drug-likeness (QED) is 0.805. The van der Waals surface area contributed by atoms with Crippen LogP contribution < -0.4 is 0 Å². The van der Waals surface area contributed by atoms with Crippen LogP contribution in [0.3, 0.4) is 0 Å². The van der Waals surface area contributed by atoms with Crippen LogP contribution in [0.1, 0.15) is 48.9 Å². The third kappa shape index (κ3) is 3.59. The van der Waals surface area contributed by atoms with E-state index >= 15 is 0 Å². The van der Waals surface area contributed by atoms with E-state index in [0.717, 1.165) is 62.5 Å². The number of carbonyl (C=O) groups excluding carboxylic acids is 1. The average Bonchev–Trinajstić information content (AvgIpc) is 3.00. The number of amides is 1. The lowest BCUT2D eigenvalue weighted by atomic mass is 10.1.